The summed E-state index contributed by atoms with van der Waals surface area (Å²) in [6.45, 7) is 32.6. The predicted octanol–water partition coefficient (Wildman–Crippen LogP) is 6.34. The van der Waals surface area contributed by atoms with Crippen molar-refractivity contribution in [3.05, 3.63) is 17.7 Å². The van der Waals surface area contributed by atoms with Gasteiger partial charge in [-0.1, -0.05) is 48.5 Å². The number of nitrogens with one attached hydrogen (secondary N) is 4. The van der Waals surface area contributed by atoms with Gasteiger partial charge in [-0.3, -0.25) is 28.8 Å². The van der Waals surface area contributed by atoms with Gasteiger partial charge in [-0.15, -0.1) is 0 Å². The molecule has 0 radical (unpaired) electrons. The molecule has 0 bridgehead atoms. The third kappa shape index (κ3) is 33.9. The average Bonchev–Trinajstić information content (AvgIpc) is 0.851. The average molecular weight is 1530 g/mol. The highest BCUT2D eigenvalue weighted by Gasteiger charge is 2.48. The van der Waals surface area contributed by atoms with Crippen molar-refractivity contribution in [2.75, 3.05) is 152 Å². The Kier molecular flexibility index (Phi) is 46.3. The molecular weight excluding hydrogens is 1410 g/mol. The minimum absolute atomic E-state index is 0.000323. The Hall–Kier alpha value is -5.28. The van der Waals surface area contributed by atoms with Crippen molar-refractivity contribution in [1.29, 1.82) is 5.26 Å². The van der Waals surface area contributed by atoms with Gasteiger partial charge in [0.2, 0.25) is 23.5 Å². The number of carbonyl (C=O) groups excluding carboxylic acids is 6. The van der Waals surface area contributed by atoms with E-state index in [1.165, 1.54) is 40.7 Å². The zero-order valence-electron chi connectivity index (χ0n) is 65.5. The molecule has 0 aromatic heterocycles. The normalized spacial score (nSPS) is 24.8. The van der Waals surface area contributed by atoms with Crippen molar-refractivity contribution in [3.8, 4) is 23.3 Å². The maximum absolute atomic E-state index is 14.1. The summed E-state index contributed by atoms with van der Waals surface area (Å²) in [7, 11) is -1.46. The molecule has 3 aliphatic rings. The van der Waals surface area contributed by atoms with Crippen molar-refractivity contribution >= 4 is 44.1 Å². The lowest BCUT2D eigenvalue weighted by Gasteiger charge is -2.44. The number of hydrogen-bond acceptors (Lipinski definition) is 28. The first-order chi connectivity index (χ1) is 50.9. The molecule has 608 valence electrons. The van der Waals surface area contributed by atoms with Crippen LogP contribution in [0.1, 0.15) is 147 Å². The van der Waals surface area contributed by atoms with Crippen LogP contribution in [0.2, 0.25) is 0 Å². The molecule has 16 atom stereocenters. The van der Waals surface area contributed by atoms with E-state index < -0.39 is 69.5 Å². The fraction of sp³-hybridized carbons (Fsp3) is 0.822. The van der Waals surface area contributed by atoms with Gasteiger partial charge in [0.25, 0.3) is 14.4 Å². The number of hydrogen-bond donors (Lipinski definition) is 4. The Bertz CT molecular complexity index is 2720. The van der Waals surface area contributed by atoms with Crippen LogP contribution in [0.4, 0.5) is 0 Å². The predicted molar refractivity (Wildman–Crippen MR) is 387 cm³/mol. The second kappa shape index (κ2) is 52.8. The second-order valence-corrected chi connectivity index (χ2v) is 28.0. The summed E-state index contributed by atoms with van der Waals surface area (Å²) >= 11 is 0. The van der Waals surface area contributed by atoms with E-state index in [0.29, 0.717) is 12.8 Å². The molecule has 3 aliphatic heterocycles. The number of ether oxygens (including phenoxy) is 18. The number of nitriles is 1. The van der Waals surface area contributed by atoms with E-state index in [9.17, 15) is 28.8 Å². The molecule has 4 amide bonds. The van der Waals surface area contributed by atoms with Crippen LogP contribution in [0.15, 0.2) is 12.1 Å². The zero-order chi connectivity index (χ0) is 77.9. The Balaban J connectivity index is 1.43. The van der Waals surface area contributed by atoms with Crippen LogP contribution >= 0.6 is 8.53 Å². The molecule has 3 fully saturated rings. The van der Waals surface area contributed by atoms with E-state index in [-0.39, 0.29) is 259 Å². The first-order valence-electron chi connectivity index (χ1n) is 37.4. The van der Waals surface area contributed by atoms with Gasteiger partial charge in [0.05, 0.1) is 162 Å². The minimum Gasteiger partial charge on any atom is -0.487 e. The van der Waals surface area contributed by atoms with E-state index in [0.717, 1.165) is 6.42 Å². The first kappa shape index (κ1) is 93.1. The summed E-state index contributed by atoms with van der Waals surface area (Å²) in [4.78, 5) is 74.8. The summed E-state index contributed by atoms with van der Waals surface area (Å²) in [5.41, 5.74) is 0.179. The number of carbonyl (C=O) groups is 6. The number of rotatable bonds is 55. The van der Waals surface area contributed by atoms with Crippen molar-refractivity contribution in [1.82, 2.24) is 25.9 Å². The van der Waals surface area contributed by atoms with Gasteiger partial charge in [-0.2, -0.15) is 5.26 Å². The Morgan fingerprint density at radius 2 is 0.811 bits per heavy atom. The van der Waals surface area contributed by atoms with Gasteiger partial charge in [-0.05, 0) is 70.9 Å². The first-order valence-corrected chi connectivity index (χ1v) is 38.6. The molecule has 32 nitrogen and oxygen atoms in total. The fourth-order valence-corrected chi connectivity index (χ4v) is 14.1. The summed E-state index contributed by atoms with van der Waals surface area (Å²) in [5, 5.41) is 20.7. The molecule has 0 aliphatic carbocycles. The molecule has 1 aromatic rings. The molecular formula is C73H125N6O26P. The van der Waals surface area contributed by atoms with E-state index >= 15 is 0 Å². The van der Waals surface area contributed by atoms with Crippen LogP contribution < -0.4 is 35.5 Å². The van der Waals surface area contributed by atoms with Crippen LogP contribution in [-0.2, 0) is 104 Å². The van der Waals surface area contributed by atoms with Crippen LogP contribution in [-0.4, -0.2) is 272 Å². The zero-order valence-corrected chi connectivity index (χ0v) is 66.4. The molecule has 0 saturated carbocycles. The highest BCUT2D eigenvalue weighted by atomic mass is 31.2. The van der Waals surface area contributed by atoms with E-state index in [4.69, 9.17) is 99.6 Å². The number of nitrogens with zero attached hydrogens (tertiary/aromatic N) is 2. The summed E-state index contributed by atoms with van der Waals surface area (Å²) < 4.78 is 123. The van der Waals surface area contributed by atoms with Crippen LogP contribution in [0.3, 0.4) is 0 Å². The Morgan fingerprint density at radius 3 is 1.20 bits per heavy atom. The van der Waals surface area contributed by atoms with Crippen LogP contribution in [0, 0.1) is 35.0 Å². The number of esters is 2. The number of amides is 4. The molecule has 4 N–H and O–H groups in total. The van der Waals surface area contributed by atoms with Gasteiger partial charge in [0, 0.05) is 70.6 Å². The molecule has 0 spiro atoms. The molecule has 3 saturated heterocycles. The van der Waals surface area contributed by atoms with Crippen molar-refractivity contribution in [3.63, 3.8) is 0 Å². The van der Waals surface area contributed by atoms with Gasteiger partial charge >= 0.3 is 11.9 Å². The highest BCUT2D eigenvalue weighted by Crippen LogP contribution is 2.46. The largest absolute Gasteiger partial charge is 0.487 e. The van der Waals surface area contributed by atoms with Crippen molar-refractivity contribution in [2.45, 2.75) is 216 Å². The molecule has 1 unspecified atom stereocenters. The maximum Gasteiger partial charge on any atom is 0.302 e. The lowest BCUT2D eigenvalue weighted by molar-refractivity contribution is -0.256. The van der Waals surface area contributed by atoms with E-state index in [1.807, 2.05) is 27.7 Å². The molecule has 106 heavy (non-hydrogen) atoms. The molecule has 4 rings (SSSR count). The standard InChI is InChI=1S/C73H125N6O26P/c1-17-59-49(8)50(9)64(76-53(12)80)71(103-59)96-41-34-90-28-25-87-31-38-93-62-45-58(70(85)75-22-24-86-37-44-100-106(99-23-20-21-74)79(47(4)5)48(6)7)46-63(94-39-32-88-26-29-91-35-42-97-72-65(77-54(13)81)67(101-56(15)83)51(10)60(18-2)104-72)69(62)95-40-33-89-27-30-92-36-43-98-73-66(78-55(14)82)68(102-57(16)84)52(11)61(19-3)105-73/h45-52,59-61,64-68,71-73H,17-20,22-44H2,1-16H3,(H,75,85)(H,76,80)(H,77,81)(H,78,82)/t49-,50+,51+,52+,59-,60-,61-,64-,65-,66-,67+,68+,71-,72-,73-,106?/m1/s1. The van der Waals surface area contributed by atoms with Crippen molar-refractivity contribution in [2.24, 2.45) is 23.7 Å². The minimum atomic E-state index is -1.46. The molecule has 33 heteroatoms. The van der Waals surface area contributed by atoms with E-state index in [1.54, 1.807) is 6.07 Å². The lowest BCUT2D eigenvalue weighted by Crippen LogP contribution is -2.62. The SMILES string of the molecule is CC[C@H]1O[C@@H](OCCOCCOCCOc2cc(C(=O)NCCOCCOP(OCCC#N)N(C(C)C)C(C)C)cc(OCCOCCOCCO[C@@H]3O[C@H](CC)[C@H](C)[C@H](OC(C)=O)[C@H]3NC(C)=O)c2OCCOCCOCCO[C@@H]2O[C@H](CC)[C@H](C)[C@H](OC(C)=O)[C@H]2NC(C)=O)[C@H](NC(C)=O)[C@@H](C)[C@H]1C. The third-order valence-corrected chi connectivity index (χ3v) is 19.7. The second-order valence-electron chi connectivity index (χ2n) is 26.5. The topological polar surface area (TPSA) is 362 Å². The lowest BCUT2D eigenvalue weighted by atomic mass is 9.81. The summed E-state index contributed by atoms with van der Waals surface area (Å²) in [6, 6.07) is 3.66. The Labute approximate surface area is 628 Å². The quantitative estimate of drug-likeness (QED) is 0.0314. The summed E-state index contributed by atoms with van der Waals surface area (Å²) in [6.07, 6.45) is -2.00. The van der Waals surface area contributed by atoms with Gasteiger partial charge in [0.15, 0.2) is 30.4 Å². The highest BCUT2D eigenvalue weighted by molar-refractivity contribution is 7.44. The molecule has 3 heterocycles. The Morgan fingerprint density at radius 1 is 0.462 bits per heavy atom. The van der Waals surface area contributed by atoms with Gasteiger partial charge in [0.1, 0.15) is 44.1 Å². The summed E-state index contributed by atoms with van der Waals surface area (Å²) in [5.74, 6) is -1.78. The molecule has 1 aromatic carbocycles. The number of benzene rings is 1. The van der Waals surface area contributed by atoms with E-state index in [2.05, 4.69) is 80.5 Å². The maximum atomic E-state index is 14.1. The smallest absolute Gasteiger partial charge is 0.302 e. The fourth-order valence-electron chi connectivity index (χ4n) is 12.5. The van der Waals surface area contributed by atoms with Crippen LogP contribution in [0.25, 0.3) is 0 Å². The van der Waals surface area contributed by atoms with Crippen LogP contribution in [0.5, 0.6) is 17.2 Å². The van der Waals surface area contributed by atoms with Crippen molar-refractivity contribution < 1.29 is 123 Å². The third-order valence-electron chi connectivity index (χ3n) is 17.6. The van der Waals surface area contributed by atoms with Gasteiger partial charge in [-0.25, -0.2) is 4.67 Å². The monoisotopic (exact) mass is 1530 g/mol. The van der Waals surface area contributed by atoms with Gasteiger partial charge < -0.3 is 116 Å².